The summed E-state index contributed by atoms with van der Waals surface area (Å²) >= 11 is 0. The van der Waals surface area contributed by atoms with Gasteiger partial charge in [-0.2, -0.15) is 0 Å². The Kier molecular flexibility index (Phi) is 4.15. The van der Waals surface area contributed by atoms with Gasteiger partial charge in [0.25, 0.3) is 0 Å². The van der Waals surface area contributed by atoms with Crippen molar-refractivity contribution in [3.8, 4) is 0 Å². The van der Waals surface area contributed by atoms with E-state index in [0.29, 0.717) is 0 Å². The minimum Gasteiger partial charge on any atom is -0.468 e. The lowest BCUT2D eigenvalue weighted by atomic mass is 9.89. The molecular weight excluding hydrogens is 216 g/mol. The number of esters is 1. The normalized spacial score (nSPS) is 21.8. The largest absolute Gasteiger partial charge is 0.468 e. The van der Waals surface area contributed by atoms with Gasteiger partial charge in [0.2, 0.25) is 0 Å². The van der Waals surface area contributed by atoms with E-state index in [2.05, 4.69) is 0 Å². The maximum atomic E-state index is 11.9. The summed E-state index contributed by atoms with van der Waals surface area (Å²) in [6.07, 6.45) is 3.08. The van der Waals surface area contributed by atoms with Crippen LogP contribution in [0.15, 0.2) is 30.3 Å². The van der Waals surface area contributed by atoms with Crippen LogP contribution >= 0.6 is 0 Å². The molecule has 17 heavy (non-hydrogen) atoms. The number of carbonyl (C=O) groups excluding carboxylic acids is 1. The molecule has 0 spiro atoms. The minimum absolute atomic E-state index is 0.0430. The smallest absolute Gasteiger partial charge is 0.315 e. The van der Waals surface area contributed by atoms with Crippen LogP contribution in [0.3, 0.4) is 0 Å². The maximum Gasteiger partial charge on any atom is 0.315 e. The molecule has 0 N–H and O–H groups in total. The fourth-order valence-corrected chi connectivity index (χ4v) is 2.32. The van der Waals surface area contributed by atoms with E-state index < -0.39 is 0 Å². The van der Waals surface area contributed by atoms with Crippen molar-refractivity contribution in [1.29, 1.82) is 0 Å². The number of hydrogen-bond donors (Lipinski definition) is 0. The fourth-order valence-electron chi connectivity index (χ4n) is 2.32. The minimum atomic E-state index is -0.290. The molecule has 2 rings (SSSR count). The number of hydrogen-bond acceptors (Lipinski definition) is 3. The van der Waals surface area contributed by atoms with Crippen LogP contribution in [0.5, 0.6) is 0 Å². The summed E-state index contributed by atoms with van der Waals surface area (Å²) < 4.78 is 10.6. The SMILES string of the molecule is COC(=O)[C@H](c1ccccc1)[C@H]1CCCCO1. The number of benzene rings is 1. The van der Waals surface area contributed by atoms with Crippen LogP contribution in [-0.4, -0.2) is 25.8 Å². The van der Waals surface area contributed by atoms with Crippen molar-refractivity contribution in [2.24, 2.45) is 0 Å². The summed E-state index contributed by atoms with van der Waals surface area (Å²) in [6.45, 7) is 0.741. The topological polar surface area (TPSA) is 35.5 Å². The molecule has 1 aliphatic heterocycles. The van der Waals surface area contributed by atoms with Crippen molar-refractivity contribution in [1.82, 2.24) is 0 Å². The van der Waals surface area contributed by atoms with E-state index in [1.165, 1.54) is 7.11 Å². The molecule has 3 nitrogen and oxygen atoms in total. The third-order valence-electron chi connectivity index (χ3n) is 3.20. The van der Waals surface area contributed by atoms with Gasteiger partial charge in [-0.05, 0) is 24.8 Å². The molecule has 1 fully saturated rings. The average Bonchev–Trinajstić information content (AvgIpc) is 2.41. The van der Waals surface area contributed by atoms with E-state index >= 15 is 0 Å². The molecule has 0 bridgehead atoms. The van der Waals surface area contributed by atoms with E-state index in [4.69, 9.17) is 9.47 Å². The predicted octanol–water partition coefficient (Wildman–Crippen LogP) is 2.51. The third kappa shape index (κ3) is 2.86. The highest BCUT2D eigenvalue weighted by Gasteiger charge is 2.32. The summed E-state index contributed by atoms with van der Waals surface area (Å²) in [4.78, 5) is 11.9. The van der Waals surface area contributed by atoms with Gasteiger partial charge in [-0.15, -0.1) is 0 Å². The zero-order valence-electron chi connectivity index (χ0n) is 10.1. The van der Waals surface area contributed by atoms with Crippen LogP contribution < -0.4 is 0 Å². The van der Waals surface area contributed by atoms with E-state index in [9.17, 15) is 4.79 Å². The van der Waals surface area contributed by atoms with E-state index in [-0.39, 0.29) is 18.0 Å². The number of ether oxygens (including phenoxy) is 2. The lowest BCUT2D eigenvalue weighted by Gasteiger charge is -2.29. The van der Waals surface area contributed by atoms with Crippen molar-refractivity contribution in [3.05, 3.63) is 35.9 Å². The van der Waals surface area contributed by atoms with Crippen molar-refractivity contribution in [2.45, 2.75) is 31.3 Å². The lowest BCUT2D eigenvalue weighted by molar-refractivity contribution is -0.147. The Balaban J connectivity index is 2.21. The highest BCUT2D eigenvalue weighted by Crippen LogP contribution is 2.29. The summed E-state index contributed by atoms with van der Waals surface area (Å²) in [5, 5.41) is 0. The molecule has 1 heterocycles. The van der Waals surface area contributed by atoms with Crippen LogP contribution in [0.2, 0.25) is 0 Å². The predicted molar refractivity (Wildman–Crippen MR) is 64.8 cm³/mol. The summed E-state index contributed by atoms with van der Waals surface area (Å²) in [5.41, 5.74) is 0.978. The van der Waals surface area contributed by atoms with Gasteiger partial charge >= 0.3 is 5.97 Å². The van der Waals surface area contributed by atoms with Crippen molar-refractivity contribution in [3.63, 3.8) is 0 Å². The molecule has 1 aromatic rings. The Hall–Kier alpha value is -1.35. The Bertz CT molecular complexity index is 355. The van der Waals surface area contributed by atoms with Gasteiger partial charge < -0.3 is 9.47 Å². The van der Waals surface area contributed by atoms with Crippen LogP contribution in [0.1, 0.15) is 30.7 Å². The van der Waals surface area contributed by atoms with Gasteiger partial charge in [-0.3, -0.25) is 4.79 Å². The zero-order valence-corrected chi connectivity index (χ0v) is 10.1. The molecule has 92 valence electrons. The standard InChI is InChI=1S/C14H18O3/c1-16-14(15)13(11-7-3-2-4-8-11)12-9-5-6-10-17-12/h2-4,7-8,12-13H,5-6,9-10H2,1H3/t12-,13-/m1/s1. The third-order valence-corrected chi connectivity index (χ3v) is 3.20. The second-order valence-electron chi connectivity index (χ2n) is 4.32. The first-order chi connectivity index (χ1) is 8.33. The molecule has 0 amide bonds. The number of carbonyl (C=O) groups is 1. The summed E-state index contributed by atoms with van der Waals surface area (Å²) in [5.74, 6) is -0.496. The van der Waals surface area contributed by atoms with E-state index in [1.807, 2.05) is 30.3 Å². The zero-order chi connectivity index (χ0) is 12.1. The molecule has 3 heteroatoms. The highest BCUT2D eigenvalue weighted by atomic mass is 16.5. The number of methoxy groups -OCH3 is 1. The second kappa shape index (κ2) is 5.82. The van der Waals surface area contributed by atoms with Gasteiger partial charge in [0.15, 0.2) is 0 Å². The molecule has 1 aromatic carbocycles. The van der Waals surface area contributed by atoms with Gasteiger partial charge in [-0.25, -0.2) is 0 Å². The first-order valence-electron chi connectivity index (χ1n) is 6.07. The molecule has 1 saturated heterocycles. The molecule has 0 radical (unpaired) electrons. The second-order valence-corrected chi connectivity index (χ2v) is 4.32. The summed E-state index contributed by atoms with van der Waals surface area (Å²) in [6, 6.07) is 9.74. The Labute approximate surface area is 102 Å². The van der Waals surface area contributed by atoms with Gasteiger partial charge in [0.1, 0.15) is 5.92 Å². The Morgan fingerprint density at radius 1 is 1.35 bits per heavy atom. The monoisotopic (exact) mass is 234 g/mol. The highest BCUT2D eigenvalue weighted by molar-refractivity contribution is 5.78. The first kappa shape index (κ1) is 12.1. The van der Waals surface area contributed by atoms with Crippen molar-refractivity contribution >= 4 is 5.97 Å². The Morgan fingerprint density at radius 3 is 2.71 bits per heavy atom. The molecular formula is C14H18O3. The van der Waals surface area contributed by atoms with Crippen LogP contribution in [0, 0.1) is 0 Å². The van der Waals surface area contributed by atoms with Crippen molar-refractivity contribution in [2.75, 3.05) is 13.7 Å². The average molecular weight is 234 g/mol. The van der Waals surface area contributed by atoms with Crippen LogP contribution in [-0.2, 0) is 14.3 Å². The Morgan fingerprint density at radius 2 is 2.12 bits per heavy atom. The van der Waals surface area contributed by atoms with E-state index in [1.54, 1.807) is 0 Å². The van der Waals surface area contributed by atoms with Crippen molar-refractivity contribution < 1.29 is 14.3 Å². The fraction of sp³-hybridized carbons (Fsp3) is 0.500. The molecule has 0 unspecified atom stereocenters. The lowest BCUT2D eigenvalue weighted by Crippen LogP contribution is -2.32. The quantitative estimate of drug-likeness (QED) is 0.754. The molecule has 0 aliphatic carbocycles. The van der Waals surface area contributed by atoms with Gasteiger partial charge in [0.05, 0.1) is 13.2 Å². The van der Waals surface area contributed by atoms with Gasteiger partial charge in [0, 0.05) is 6.61 Å². The van der Waals surface area contributed by atoms with Crippen LogP contribution in [0.25, 0.3) is 0 Å². The maximum absolute atomic E-state index is 11.9. The van der Waals surface area contributed by atoms with E-state index in [0.717, 1.165) is 31.4 Å². The molecule has 1 aliphatic rings. The molecule has 0 aromatic heterocycles. The summed E-state index contributed by atoms with van der Waals surface area (Å²) in [7, 11) is 1.43. The van der Waals surface area contributed by atoms with Gasteiger partial charge in [-0.1, -0.05) is 30.3 Å². The van der Waals surface area contributed by atoms with Crippen LogP contribution in [0.4, 0.5) is 0 Å². The molecule has 2 atom stereocenters. The number of rotatable bonds is 3. The molecule has 0 saturated carbocycles. The first-order valence-corrected chi connectivity index (χ1v) is 6.07.